The Labute approximate surface area is 142 Å². The zero-order chi connectivity index (χ0) is 16.3. The fraction of sp³-hybridized carbons (Fsp3) is 0.235. The van der Waals surface area contributed by atoms with Crippen molar-refractivity contribution >= 4 is 33.3 Å². The van der Waals surface area contributed by atoms with E-state index in [1.54, 1.807) is 18.4 Å². The molecule has 0 aliphatic heterocycles. The van der Waals surface area contributed by atoms with Crippen molar-refractivity contribution < 1.29 is 14.9 Å². The van der Waals surface area contributed by atoms with Crippen molar-refractivity contribution in [1.29, 1.82) is 0 Å². The SMILES string of the molecule is COc1ccc2sc(SC[C@](O)(CO)c3ccccc3)nc2c1. The lowest BCUT2D eigenvalue weighted by Gasteiger charge is -2.25. The van der Waals surface area contributed by atoms with Crippen molar-refractivity contribution in [2.45, 2.75) is 9.94 Å². The number of methoxy groups -OCH3 is 1. The van der Waals surface area contributed by atoms with Crippen LogP contribution in [0.3, 0.4) is 0 Å². The molecule has 1 heterocycles. The van der Waals surface area contributed by atoms with Gasteiger partial charge in [-0.2, -0.15) is 0 Å². The van der Waals surface area contributed by atoms with E-state index >= 15 is 0 Å². The number of hydrogen-bond donors (Lipinski definition) is 2. The molecule has 4 nitrogen and oxygen atoms in total. The smallest absolute Gasteiger partial charge is 0.151 e. The van der Waals surface area contributed by atoms with E-state index in [1.165, 1.54) is 11.8 Å². The van der Waals surface area contributed by atoms with Crippen molar-refractivity contribution in [2.75, 3.05) is 19.5 Å². The van der Waals surface area contributed by atoms with E-state index in [0.29, 0.717) is 11.3 Å². The fourth-order valence-electron chi connectivity index (χ4n) is 2.22. The van der Waals surface area contributed by atoms with Gasteiger partial charge >= 0.3 is 0 Å². The number of benzene rings is 2. The Morgan fingerprint density at radius 3 is 2.70 bits per heavy atom. The summed E-state index contributed by atoms with van der Waals surface area (Å²) in [6.45, 7) is -0.331. The molecule has 0 amide bonds. The number of rotatable bonds is 6. The maximum Gasteiger partial charge on any atom is 0.151 e. The highest BCUT2D eigenvalue weighted by Gasteiger charge is 2.29. The van der Waals surface area contributed by atoms with Gasteiger partial charge in [0.05, 0.1) is 23.9 Å². The second kappa shape index (κ2) is 6.88. The Bertz CT molecular complexity index is 791. The van der Waals surface area contributed by atoms with Gasteiger partial charge in [-0.1, -0.05) is 42.1 Å². The number of thiazole rings is 1. The Balaban J connectivity index is 1.79. The third-order valence-electron chi connectivity index (χ3n) is 3.58. The van der Waals surface area contributed by atoms with Crippen LogP contribution in [0.15, 0.2) is 52.9 Å². The number of thioether (sulfide) groups is 1. The third-order valence-corrected chi connectivity index (χ3v) is 5.98. The van der Waals surface area contributed by atoms with Crippen LogP contribution in [0, 0.1) is 0 Å². The van der Waals surface area contributed by atoms with Gasteiger partial charge in [-0.25, -0.2) is 4.98 Å². The molecule has 6 heteroatoms. The summed E-state index contributed by atoms with van der Waals surface area (Å²) in [6.07, 6.45) is 0. The van der Waals surface area contributed by atoms with Crippen LogP contribution in [0.1, 0.15) is 5.56 Å². The fourth-order valence-corrected chi connectivity index (χ4v) is 4.37. The second-order valence-electron chi connectivity index (χ2n) is 5.16. The van der Waals surface area contributed by atoms with Gasteiger partial charge in [0.15, 0.2) is 4.34 Å². The summed E-state index contributed by atoms with van der Waals surface area (Å²) < 4.78 is 7.13. The first-order chi connectivity index (χ1) is 11.1. The van der Waals surface area contributed by atoms with Crippen molar-refractivity contribution in [3.63, 3.8) is 0 Å². The molecule has 0 saturated carbocycles. The molecular weight excluding hydrogens is 330 g/mol. The first-order valence-electron chi connectivity index (χ1n) is 7.11. The molecule has 120 valence electrons. The lowest BCUT2D eigenvalue weighted by Crippen LogP contribution is -2.33. The van der Waals surface area contributed by atoms with Gasteiger partial charge in [0.1, 0.15) is 11.4 Å². The lowest BCUT2D eigenvalue weighted by atomic mass is 9.97. The summed E-state index contributed by atoms with van der Waals surface area (Å²) in [4.78, 5) is 4.56. The minimum atomic E-state index is -1.28. The number of aliphatic hydroxyl groups excluding tert-OH is 1. The number of aromatic nitrogens is 1. The van der Waals surface area contributed by atoms with Crippen LogP contribution < -0.4 is 4.74 Å². The Morgan fingerprint density at radius 2 is 2.00 bits per heavy atom. The Kier molecular flexibility index (Phi) is 4.87. The molecule has 0 aliphatic rings. The molecule has 0 fully saturated rings. The van der Waals surface area contributed by atoms with Gasteiger partial charge in [-0.05, 0) is 17.7 Å². The molecule has 0 saturated heterocycles. The first-order valence-corrected chi connectivity index (χ1v) is 8.91. The Hall–Kier alpha value is -1.60. The summed E-state index contributed by atoms with van der Waals surface area (Å²) in [6, 6.07) is 15.0. The van der Waals surface area contributed by atoms with E-state index in [2.05, 4.69) is 4.98 Å². The monoisotopic (exact) mass is 347 g/mol. The molecule has 1 aromatic heterocycles. The highest BCUT2D eigenvalue weighted by atomic mass is 32.2. The van der Waals surface area contributed by atoms with Crippen LogP contribution in [-0.2, 0) is 5.60 Å². The van der Waals surface area contributed by atoms with Crippen LogP contribution >= 0.6 is 23.1 Å². The van der Waals surface area contributed by atoms with Gasteiger partial charge in [-0.15, -0.1) is 11.3 Å². The number of fused-ring (bicyclic) bond motifs is 1. The normalized spacial score (nSPS) is 13.9. The number of hydrogen-bond acceptors (Lipinski definition) is 6. The predicted molar refractivity (Wildman–Crippen MR) is 94.3 cm³/mol. The largest absolute Gasteiger partial charge is 0.497 e. The summed E-state index contributed by atoms with van der Waals surface area (Å²) in [5.74, 6) is 1.11. The zero-order valence-electron chi connectivity index (χ0n) is 12.6. The lowest BCUT2D eigenvalue weighted by molar-refractivity contribution is 0.00215. The molecule has 3 rings (SSSR count). The summed E-state index contributed by atoms with van der Waals surface area (Å²) >= 11 is 3.01. The van der Waals surface area contributed by atoms with Gasteiger partial charge in [-0.3, -0.25) is 0 Å². The highest BCUT2D eigenvalue weighted by molar-refractivity contribution is 8.01. The van der Waals surface area contributed by atoms with E-state index < -0.39 is 5.60 Å². The van der Waals surface area contributed by atoms with Crippen molar-refractivity contribution in [1.82, 2.24) is 4.98 Å². The number of nitrogens with zero attached hydrogens (tertiary/aromatic N) is 1. The standard InChI is InChI=1S/C17H17NO3S2/c1-21-13-7-8-15-14(9-13)18-16(23-15)22-11-17(20,10-19)12-5-3-2-4-6-12/h2-9,19-20H,10-11H2,1H3/t17-/m1/s1. The number of aliphatic hydroxyl groups is 2. The summed E-state index contributed by atoms with van der Waals surface area (Å²) in [5.41, 5.74) is 0.309. The highest BCUT2D eigenvalue weighted by Crippen LogP contribution is 2.35. The zero-order valence-corrected chi connectivity index (χ0v) is 14.2. The molecule has 3 aromatic rings. The topological polar surface area (TPSA) is 62.6 Å². The second-order valence-corrected chi connectivity index (χ2v) is 7.41. The van der Waals surface area contributed by atoms with E-state index in [9.17, 15) is 10.2 Å². The molecule has 0 radical (unpaired) electrons. The molecule has 0 spiro atoms. The van der Waals surface area contributed by atoms with Gasteiger partial charge in [0.2, 0.25) is 0 Å². The Morgan fingerprint density at radius 1 is 1.22 bits per heavy atom. The van der Waals surface area contributed by atoms with Crippen LogP contribution in [0.4, 0.5) is 0 Å². The van der Waals surface area contributed by atoms with Crippen LogP contribution in [0.2, 0.25) is 0 Å². The third kappa shape index (κ3) is 3.50. The predicted octanol–water partition coefficient (Wildman–Crippen LogP) is 3.28. The maximum atomic E-state index is 10.7. The van der Waals surface area contributed by atoms with Crippen molar-refractivity contribution in [2.24, 2.45) is 0 Å². The first kappa shape index (κ1) is 16.3. The molecule has 23 heavy (non-hydrogen) atoms. The van der Waals surface area contributed by atoms with E-state index in [1.807, 2.05) is 48.5 Å². The van der Waals surface area contributed by atoms with Crippen molar-refractivity contribution in [3.05, 3.63) is 54.1 Å². The average Bonchev–Trinajstić information content (AvgIpc) is 3.02. The van der Waals surface area contributed by atoms with E-state index in [0.717, 1.165) is 20.3 Å². The quantitative estimate of drug-likeness (QED) is 0.670. The molecule has 0 bridgehead atoms. The molecular formula is C17H17NO3S2. The van der Waals surface area contributed by atoms with E-state index in [4.69, 9.17) is 4.74 Å². The van der Waals surface area contributed by atoms with Crippen LogP contribution in [0.5, 0.6) is 5.75 Å². The average molecular weight is 347 g/mol. The minimum Gasteiger partial charge on any atom is -0.497 e. The van der Waals surface area contributed by atoms with Crippen LogP contribution in [0.25, 0.3) is 10.2 Å². The number of ether oxygens (including phenoxy) is 1. The van der Waals surface area contributed by atoms with E-state index in [-0.39, 0.29) is 6.61 Å². The molecule has 1 atom stereocenters. The van der Waals surface area contributed by atoms with Gasteiger partial charge in [0, 0.05) is 11.8 Å². The van der Waals surface area contributed by atoms with Gasteiger partial charge in [0.25, 0.3) is 0 Å². The molecule has 2 N–H and O–H groups in total. The maximum absolute atomic E-state index is 10.7. The van der Waals surface area contributed by atoms with Crippen LogP contribution in [-0.4, -0.2) is 34.7 Å². The summed E-state index contributed by atoms with van der Waals surface area (Å²) in [7, 11) is 1.63. The summed E-state index contributed by atoms with van der Waals surface area (Å²) in [5, 5.41) is 20.3. The van der Waals surface area contributed by atoms with Gasteiger partial charge < -0.3 is 14.9 Å². The molecule has 2 aromatic carbocycles. The molecule has 0 aliphatic carbocycles. The van der Waals surface area contributed by atoms with Crippen molar-refractivity contribution in [3.8, 4) is 5.75 Å². The minimum absolute atomic E-state index is 0.331. The molecule has 0 unspecified atom stereocenters.